The summed E-state index contributed by atoms with van der Waals surface area (Å²) in [5.74, 6) is 0.500. The molecule has 0 radical (unpaired) electrons. The summed E-state index contributed by atoms with van der Waals surface area (Å²) in [6, 6.07) is 0.258. The normalized spacial score (nSPS) is 14.1. The summed E-state index contributed by atoms with van der Waals surface area (Å²) in [6.45, 7) is 8.77. The molecule has 0 spiro atoms. The molecule has 0 saturated heterocycles. The van der Waals surface area contributed by atoms with Gasteiger partial charge in [-0.3, -0.25) is 0 Å². The molecular weight excluding hydrogens is 294 g/mol. The Labute approximate surface area is 126 Å². The van der Waals surface area contributed by atoms with E-state index in [1.54, 1.807) is 13.8 Å². The Morgan fingerprint density at radius 1 is 1.33 bits per heavy atom. The van der Waals surface area contributed by atoms with Crippen LogP contribution in [0.15, 0.2) is 4.42 Å². The molecular formula is C12H25N5O3S. The summed E-state index contributed by atoms with van der Waals surface area (Å²) in [5.41, 5.74) is -0.658. The highest BCUT2D eigenvalue weighted by Gasteiger charge is 2.23. The second-order valence-electron chi connectivity index (χ2n) is 5.73. The molecule has 1 unspecified atom stereocenters. The zero-order valence-corrected chi connectivity index (χ0v) is 14.0. The highest BCUT2D eigenvalue weighted by molar-refractivity contribution is 7.88. The molecule has 1 rings (SSSR count). The lowest BCUT2D eigenvalue weighted by atomic mass is 10.1. The highest BCUT2D eigenvalue weighted by Crippen LogP contribution is 2.14. The van der Waals surface area contributed by atoms with Crippen LogP contribution in [0.2, 0.25) is 0 Å². The van der Waals surface area contributed by atoms with Crippen LogP contribution in [0.1, 0.15) is 46.0 Å². The first-order chi connectivity index (χ1) is 9.63. The van der Waals surface area contributed by atoms with Crippen LogP contribution in [0.3, 0.4) is 0 Å². The summed E-state index contributed by atoms with van der Waals surface area (Å²) in [5, 5.41) is 14.1. The predicted octanol–water partition coefficient (Wildman–Crippen LogP) is 0.870. The summed E-state index contributed by atoms with van der Waals surface area (Å²) in [7, 11) is -3.27. The molecule has 0 aliphatic carbocycles. The van der Waals surface area contributed by atoms with Crippen LogP contribution in [-0.2, 0) is 10.0 Å². The average molecular weight is 319 g/mol. The first-order valence-electron chi connectivity index (χ1n) is 6.92. The minimum Gasteiger partial charge on any atom is -0.406 e. The lowest BCUT2D eigenvalue weighted by Gasteiger charge is -2.24. The van der Waals surface area contributed by atoms with E-state index in [1.165, 1.54) is 0 Å². The molecule has 0 saturated carbocycles. The molecule has 0 fully saturated rings. The van der Waals surface area contributed by atoms with Gasteiger partial charge in [-0.05, 0) is 33.7 Å². The van der Waals surface area contributed by atoms with Gasteiger partial charge < -0.3 is 15.1 Å². The van der Waals surface area contributed by atoms with Crippen molar-refractivity contribution in [2.24, 2.45) is 0 Å². The molecule has 0 amide bonds. The van der Waals surface area contributed by atoms with E-state index in [2.05, 4.69) is 32.5 Å². The van der Waals surface area contributed by atoms with Crippen molar-refractivity contribution in [3.05, 3.63) is 5.89 Å². The van der Waals surface area contributed by atoms with E-state index in [0.29, 0.717) is 12.4 Å². The van der Waals surface area contributed by atoms with E-state index in [0.717, 1.165) is 19.2 Å². The van der Waals surface area contributed by atoms with Crippen molar-refractivity contribution in [3.63, 3.8) is 0 Å². The lowest BCUT2D eigenvalue weighted by Crippen LogP contribution is -2.47. The number of anilines is 1. The Hall–Kier alpha value is -1.19. The van der Waals surface area contributed by atoms with Crippen LogP contribution < -0.4 is 15.4 Å². The molecule has 9 heteroatoms. The molecule has 0 aromatic carbocycles. The summed E-state index contributed by atoms with van der Waals surface area (Å²) < 4.78 is 30.5. The molecule has 0 aliphatic heterocycles. The van der Waals surface area contributed by atoms with Crippen LogP contribution in [0, 0.1) is 0 Å². The fraction of sp³-hybridized carbons (Fsp3) is 0.833. The fourth-order valence-electron chi connectivity index (χ4n) is 1.76. The van der Waals surface area contributed by atoms with Gasteiger partial charge in [-0.15, -0.1) is 5.10 Å². The quantitative estimate of drug-likeness (QED) is 0.619. The third kappa shape index (κ3) is 6.87. The zero-order valence-electron chi connectivity index (χ0n) is 13.2. The summed E-state index contributed by atoms with van der Waals surface area (Å²) in [6.07, 6.45) is 2.15. The smallest absolute Gasteiger partial charge is 0.315 e. The zero-order chi connectivity index (χ0) is 16.1. The Kier molecular flexibility index (Phi) is 6.11. The number of nitrogens with one attached hydrogen (secondary N) is 3. The number of aromatic nitrogens is 2. The third-order valence-corrected chi connectivity index (χ3v) is 3.58. The van der Waals surface area contributed by atoms with E-state index < -0.39 is 15.6 Å². The van der Waals surface area contributed by atoms with Gasteiger partial charge in [0.15, 0.2) is 0 Å². The largest absolute Gasteiger partial charge is 0.406 e. The first-order valence-corrected chi connectivity index (χ1v) is 8.82. The minimum atomic E-state index is -3.27. The maximum absolute atomic E-state index is 11.3. The highest BCUT2D eigenvalue weighted by atomic mass is 32.2. The monoisotopic (exact) mass is 319 g/mol. The summed E-state index contributed by atoms with van der Waals surface area (Å²) >= 11 is 0. The standard InChI is InChI=1S/C12H25N5O3S/c1-6-7-13-9(2)10-15-16-11(20-10)14-8-12(3,4)17-21(5,18)19/h9,13,17H,6-8H2,1-5H3,(H,14,16). The maximum atomic E-state index is 11.3. The van der Waals surface area contributed by atoms with E-state index >= 15 is 0 Å². The van der Waals surface area contributed by atoms with Crippen molar-refractivity contribution >= 4 is 16.0 Å². The Balaban J connectivity index is 2.55. The van der Waals surface area contributed by atoms with E-state index in [9.17, 15) is 8.42 Å². The first kappa shape index (κ1) is 17.9. The van der Waals surface area contributed by atoms with Crippen molar-refractivity contribution < 1.29 is 12.8 Å². The van der Waals surface area contributed by atoms with Gasteiger partial charge in [-0.2, -0.15) is 0 Å². The number of hydrogen-bond donors (Lipinski definition) is 3. The predicted molar refractivity (Wildman–Crippen MR) is 81.6 cm³/mol. The van der Waals surface area contributed by atoms with Crippen molar-refractivity contribution in [2.45, 2.75) is 45.7 Å². The minimum absolute atomic E-state index is 0.0184. The molecule has 0 aliphatic rings. The molecule has 3 N–H and O–H groups in total. The van der Waals surface area contributed by atoms with E-state index in [4.69, 9.17) is 4.42 Å². The van der Waals surface area contributed by atoms with Crippen LogP contribution in [-0.4, -0.2) is 43.5 Å². The van der Waals surface area contributed by atoms with Gasteiger partial charge in [-0.1, -0.05) is 12.0 Å². The Bertz CT molecular complexity index is 541. The van der Waals surface area contributed by atoms with Crippen molar-refractivity contribution in [1.29, 1.82) is 0 Å². The maximum Gasteiger partial charge on any atom is 0.315 e. The van der Waals surface area contributed by atoms with Crippen LogP contribution >= 0.6 is 0 Å². The molecule has 8 nitrogen and oxygen atoms in total. The number of hydrogen-bond acceptors (Lipinski definition) is 7. The number of rotatable bonds is 9. The van der Waals surface area contributed by atoms with Crippen LogP contribution in [0.5, 0.6) is 0 Å². The molecule has 21 heavy (non-hydrogen) atoms. The third-order valence-electron chi connectivity index (χ3n) is 2.65. The fourth-order valence-corrected chi connectivity index (χ4v) is 2.84. The van der Waals surface area contributed by atoms with E-state index in [1.807, 2.05) is 6.92 Å². The van der Waals surface area contributed by atoms with Crippen LogP contribution in [0.25, 0.3) is 0 Å². The van der Waals surface area contributed by atoms with Gasteiger partial charge >= 0.3 is 6.01 Å². The Morgan fingerprint density at radius 2 is 2.00 bits per heavy atom. The van der Waals surface area contributed by atoms with Crippen molar-refractivity contribution in [2.75, 3.05) is 24.7 Å². The van der Waals surface area contributed by atoms with Crippen molar-refractivity contribution in [3.8, 4) is 0 Å². The van der Waals surface area contributed by atoms with Gasteiger partial charge in [-0.25, -0.2) is 13.1 Å². The average Bonchev–Trinajstić information content (AvgIpc) is 2.79. The van der Waals surface area contributed by atoms with Gasteiger partial charge in [0, 0.05) is 12.1 Å². The number of nitrogens with zero attached hydrogens (tertiary/aromatic N) is 2. The van der Waals surface area contributed by atoms with Gasteiger partial charge in [0.1, 0.15) is 0 Å². The van der Waals surface area contributed by atoms with Gasteiger partial charge in [0.25, 0.3) is 0 Å². The van der Waals surface area contributed by atoms with Crippen molar-refractivity contribution in [1.82, 2.24) is 20.2 Å². The SMILES string of the molecule is CCCNC(C)c1nnc(NCC(C)(C)NS(C)(=O)=O)o1. The topological polar surface area (TPSA) is 109 Å². The molecule has 122 valence electrons. The molecule has 1 aromatic heterocycles. The lowest BCUT2D eigenvalue weighted by molar-refractivity contribution is 0.417. The number of sulfonamides is 1. The molecule has 1 heterocycles. The molecule has 1 atom stereocenters. The second-order valence-corrected chi connectivity index (χ2v) is 7.48. The second kappa shape index (κ2) is 7.19. The van der Waals surface area contributed by atoms with E-state index in [-0.39, 0.29) is 12.1 Å². The molecule has 0 bridgehead atoms. The summed E-state index contributed by atoms with van der Waals surface area (Å²) in [4.78, 5) is 0. The van der Waals surface area contributed by atoms with Gasteiger partial charge in [0.2, 0.25) is 15.9 Å². The molecule has 1 aromatic rings. The van der Waals surface area contributed by atoms with Gasteiger partial charge in [0.05, 0.1) is 12.3 Å². The van der Waals surface area contributed by atoms with Crippen LogP contribution in [0.4, 0.5) is 6.01 Å². The Morgan fingerprint density at radius 3 is 2.57 bits per heavy atom.